The zero-order chi connectivity index (χ0) is 25.2. The minimum atomic E-state index is -0.735. The summed E-state index contributed by atoms with van der Waals surface area (Å²) in [6.07, 6.45) is -1.16. The molecule has 2 aliphatic heterocycles. The molecule has 2 amide bonds. The Hall–Kier alpha value is -4.16. The molecule has 2 aliphatic rings. The Bertz CT molecular complexity index is 1270. The van der Waals surface area contributed by atoms with Gasteiger partial charge in [-0.2, -0.15) is 5.10 Å². The minimum absolute atomic E-state index is 0.175. The number of methoxy groups -OCH3 is 1. The summed E-state index contributed by atoms with van der Waals surface area (Å²) in [6, 6.07) is 14.7. The lowest BCUT2D eigenvalue weighted by molar-refractivity contribution is -0.129. The fraction of sp³-hybridized carbons (Fsp3) is 0.292. The molecule has 36 heavy (non-hydrogen) atoms. The molecule has 11 nitrogen and oxygen atoms in total. The first-order valence-electron chi connectivity index (χ1n) is 11.4. The van der Waals surface area contributed by atoms with Crippen LogP contribution >= 0.6 is 0 Å². The van der Waals surface area contributed by atoms with Crippen molar-refractivity contribution in [3.63, 3.8) is 0 Å². The summed E-state index contributed by atoms with van der Waals surface area (Å²) in [5, 5.41) is 15.3. The van der Waals surface area contributed by atoms with E-state index in [9.17, 15) is 14.0 Å². The van der Waals surface area contributed by atoms with Gasteiger partial charge in [-0.05, 0) is 43.3 Å². The standard InChI is InChI=1S/C24H26FN7O4/c1-14-11-20(27-21(33)13-36-19-6-4-3-5-18(19)35-2)32(30-14)24-28-22-17(23(34)29-24)12-26-31(22)16-9-7-15(25)8-10-16/h3-11,17,22,24,26,28H,12-13H2,1-2H3,(H,27,33)(H,29,34). The molecule has 0 saturated carbocycles. The minimum Gasteiger partial charge on any atom is -0.493 e. The Morgan fingerprint density at radius 3 is 2.69 bits per heavy atom. The highest BCUT2D eigenvalue weighted by molar-refractivity contribution is 5.91. The third-order valence-corrected chi connectivity index (χ3v) is 5.99. The van der Waals surface area contributed by atoms with Gasteiger partial charge in [-0.1, -0.05) is 12.1 Å². The summed E-state index contributed by atoms with van der Waals surface area (Å²) in [5.41, 5.74) is 4.55. The zero-order valence-corrected chi connectivity index (χ0v) is 19.7. The van der Waals surface area contributed by atoms with Crippen LogP contribution in [-0.4, -0.2) is 48.0 Å². The Morgan fingerprint density at radius 1 is 1.19 bits per heavy atom. The maximum atomic E-state index is 13.4. The largest absolute Gasteiger partial charge is 0.493 e. The monoisotopic (exact) mass is 495 g/mol. The SMILES string of the molecule is COc1ccccc1OCC(=O)Nc1cc(C)nn1C1NC(=O)C2CNN(c3ccc(F)cc3)C2N1. The Morgan fingerprint density at radius 2 is 1.94 bits per heavy atom. The molecule has 3 heterocycles. The first kappa shape index (κ1) is 23.6. The van der Waals surface area contributed by atoms with Crippen molar-refractivity contribution < 1.29 is 23.5 Å². The second-order valence-electron chi connectivity index (χ2n) is 8.44. The van der Waals surface area contributed by atoms with Crippen molar-refractivity contribution >= 4 is 23.3 Å². The number of fused-ring (bicyclic) bond motifs is 1. The van der Waals surface area contributed by atoms with E-state index in [4.69, 9.17) is 9.47 Å². The summed E-state index contributed by atoms with van der Waals surface area (Å²) in [5.74, 6) is 0.0477. The Labute approximate surface area is 206 Å². The van der Waals surface area contributed by atoms with E-state index in [-0.39, 0.29) is 24.2 Å². The van der Waals surface area contributed by atoms with Gasteiger partial charge in [-0.25, -0.2) is 14.5 Å². The number of nitrogens with zero attached hydrogens (tertiary/aromatic N) is 3. The van der Waals surface area contributed by atoms with Crippen molar-refractivity contribution in [1.82, 2.24) is 25.8 Å². The maximum absolute atomic E-state index is 13.4. The number of amides is 2. The highest BCUT2D eigenvalue weighted by Crippen LogP contribution is 2.28. The molecule has 3 aromatic rings. The van der Waals surface area contributed by atoms with E-state index < -0.39 is 18.4 Å². The van der Waals surface area contributed by atoms with Crippen molar-refractivity contribution in [2.45, 2.75) is 19.4 Å². The van der Waals surface area contributed by atoms with Gasteiger partial charge in [0.2, 0.25) is 5.91 Å². The topological polar surface area (TPSA) is 122 Å². The number of halogens is 1. The number of aryl methyl sites for hydroxylation is 1. The lowest BCUT2D eigenvalue weighted by Gasteiger charge is -2.37. The third-order valence-electron chi connectivity index (χ3n) is 5.99. The van der Waals surface area contributed by atoms with Crippen LogP contribution in [0.4, 0.5) is 15.9 Å². The average Bonchev–Trinajstić information content (AvgIpc) is 3.47. The molecule has 5 rings (SSSR count). The fourth-order valence-electron chi connectivity index (χ4n) is 4.31. The number of carbonyl (C=O) groups is 2. The van der Waals surface area contributed by atoms with Crippen LogP contribution in [0.15, 0.2) is 54.6 Å². The van der Waals surface area contributed by atoms with Crippen molar-refractivity contribution in [2.24, 2.45) is 5.92 Å². The van der Waals surface area contributed by atoms with E-state index in [1.54, 1.807) is 54.4 Å². The highest BCUT2D eigenvalue weighted by Gasteiger charge is 2.45. The van der Waals surface area contributed by atoms with Gasteiger partial charge in [0, 0.05) is 12.6 Å². The number of benzene rings is 2. The number of ether oxygens (including phenoxy) is 2. The van der Waals surface area contributed by atoms with Crippen molar-refractivity contribution in [3.8, 4) is 11.5 Å². The summed E-state index contributed by atoms with van der Waals surface area (Å²) >= 11 is 0. The average molecular weight is 496 g/mol. The second-order valence-corrected chi connectivity index (χ2v) is 8.44. The van der Waals surface area contributed by atoms with Crippen LogP contribution in [0.25, 0.3) is 0 Å². The van der Waals surface area contributed by atoms with E-state index in [0.717, 1.165) is 0 Å². The molecule has 3 atom stereocenters. The quantitative estimate of drug-likeness (QED) is 0.389. The van der Waals surface area contributed by atoms with Gasteiger partial charge in [0.25, 0.3) is 5.91 Å². The van der Waals surface area contributed by atoms with Gasteiger partial charge in [0.15, 0.2) is 24.4 Å². The molecule has 0 aliphatic carbocycles. The first-order chi connectivity index (χ1) is 17.4. The molecule has 12 heteroatoms. The predicted molar refractivity (Wildman–Crippen MR) is 129 cm³/mol. The number of hydrazine groups is 1. The summed E-state index contributed by atoms with van der Waals surface area (Å²) < 4.78 is 25.8. The third kappa shape index (κ3) is 4.68. The number of anilines is 2. The van der Waals surface area contributed by atoms with E-state index in [1.165, 1.54) is 23.9 Å². The molecule has 0 spiro atoms. The Kier molecular flexibility index (Phi) is 6.44. The fourth-order valence-corrected chi connectivity index (χ4v) is 4.31. The number of para-hydroxylation sites is 2. The van der Waals surface area contributed by atoms with Gasteiger partial charge in [0.05, 0.1) is 24.4 Å². The number of aromatic nitrogens is 2. The molecule has 3 unspecified atom stereocenters. The van der Waals surface area contributed by atoms with Gasteiger partial charge in [-0.15, -0.1) is 0 Å². The highest BCUT2D eigenvalue weighted by atomic mass is 19.1. The molecule has 2 saturated heterocycles. The molecule has 4 N–H and O–H groups in total. The van der Waals surface area contributed by atoms with E-state index in [0.29, 0.717) is 35.2 Å². The Balaban J connectivity index is 1.30. The van der Waals surface area contributed by atoms with E-state index >= 15 is 0 Å². The molecular formula is C24H26FN7O4. The van der Waals surface area contributed by atoms with Crippen LogP contribution in [-0.2, 0) is 9.59 Å². The van der Waals surface area contributed by atoms with Crippen molar-refractivity contribution in [2.75, 3.05) is 30.6 Å². The molecule has 188 valence electrons. The maximum Gasteiger partial charge on any atom is 0.263 e. The number of hydrogen-bond acceptors (Lipinski definition) is 8. The molecule has 0 radical (unpaired) electrons. The van der Waals surface area contributed by atoms with Crippen LogP contribution in [0.1, 0.15) is 12.0 Å². The summed E-state index contributed by atoms with van der Waals surface area (Å²) in [6.45, 7) is 1.95. The van der Waals surface area contributed by atoms with Crippen molar-refractivity contribution in [1.29, 1.82) is 0 Å². The lowest BCUT2D eigenvalue weighted by atomic mass is 10.0. The van der Waals surface area contributed by atoms with Crippen LogP contribution in [0, 0.1) is 18.7 Å². The number of carbonyl (C=O) groups excluding carboxylic acids is 2. The van der Waals surface area contributed by atoms with Gasteiger partial charge < -0.3 is 20.1 Å². The number of hydrogen-bond donors (Lipinski definition) is 4. The van der Waals surface area contributed by atoms with E-state index in [1.807, 2.05) is 0 Å². The van der Waals surface area contributed by atoms with Gasteiger partial charge in [0.1, 0.15) is 17.8 Å². The molecule has 0 bridgehead atoms. The van der Waals surface area contributed by atoms with Gasteiger partial charge in [-0.3, -0.25) is 19.9 Å². The van der Waals surface area contributed by atoms with Crippen LogP contribution < -0.4 is 35.9 Å². The summed E-state index contributed by atoms with van der Waals surface area (Å²) in [7, 11) is 1.52. The van der Waals surface area contributed by atoms with E-state index in [2.05, 4.69) is 26.5 Å². The predicted octanol–water partition coefficient (Wildman–Crippen LogP) is 1.50. The van der Waals surface area contributed by atoms with Crippen LogP contribution in [0.2, 0.25) is 0 Å². The first-order valence-corrected chi connectivity index (χ1v) is 11.4. The molecule has 2 fully saturated rings. The zero-order valence-electron chi connectivity index (χ0n) is 19.7. The molecule has 2 aromatic carbocycles. The van der Waals surface area contributed by atoms with Gasteiger partial charge >= 0.3 is 0 Å². The van der Waals surface area contributed by atoms with Crippen LogP contribution in [0.3, 0.4) is 0 Å². The second kappa shape index (κ2) is 9.84. The molecular weight excluding hydrogens is 469 g/mol. The number of rotatable bonds is 7. The lowest BCUT2D eigenvalue weighted by Crippen LogP contribution is -2.61. The van der Waals surface area contributed by atoms with Crippen LogP contribution in [0.5, 0.6) is 11.5 Å². The smallest absolute Gasteiger partial charge is 0.263 e. The molecule has 1 aromatic heterocycles. The normalized spacial score (nSPS) is 21.0. The summed E-state index contributed by atoms with van der Waals surface area (Å²) in [4.78, 5) is 25.6. The number of nitrogens with one attached hydrogen (secondary N) is 4. The van der Waals surface area contributed by atoms with Crippen molar-refractivity contribution in [3.05, 3.63) is 66.1 Å².